The Morgan fingerprint density at radius 1 is 1.03 bits per heavy atom. The van der Waals surface area contributed by atoms with Crippen LogP contribution < -0.4 is 5.32 Å². The van der Waals surface area contributed by atoms with Crippen LogP contribution in [0.3, 0.4) is 0 Å². The van der Waals surface area contributed by atoms with Gasteiger partial charge in [-0.3, -0.25) is 9.97 Å². The number of hydrogen-bond donors (Lipinski definition) is 1. The summed E-state index contributed by atoms with van der Waals surface area (Å²) in [5.74, 6) is -0.0188. The van der Waals surface area contributed by atoms with E-state index in [-0.39, 0.29) is 0 Å². The first-order valence-electron chi connectivity index (χ1n) is 11.9. The number of rotatable bonds is 6. The molecule has 0 spiro atoms. The van der Waals surface area contributed by atoms with Gasteiger partial charge in [0.15, 0.2) is 12.0 Å². The zero-order valence-electron chi connectivity index (χ0n) is 21.1. The maximum atomic E-state index is 9.96. The monoisotopic (exact) mass is 500 g/mol. The molecule has 186 valence electrons. The van der Waals surface area contributed by atoms with Crippen LogP contribution in [0.5, 0.6) is 0 Å². The van der Waals surface area contributed by atoms with Crippen LogP contribution in [-0.2, 0) is 4.74 Å². The van der Waals surface area contributed by atoms with Gasteiger partial charge in [0.2, 0.25) is 0 Å². The molecular weight excluding hydrogens is 476 g/mol. The van der Waals surface area contributed by atoms with Crippen LogP contribution in [0.25, 0.3) is 10.9 Å². The van der Waals surface area contributed by atoms with E-state index in [1.165, 1.54) is 0 Å². The lowest BCUT2D eigenvalue weighted by molar-refractivity contribution is 0.0718. The van der Waals surface area contributed by atoms with Gasteiger partial charge < -0.3 is 10.1 Å². The molecule has 38 heavy (non-hydrogen) atoms. The number of nitrogens with one attached hydrogen (secondary N) is 1. The van der Waals surface area contributed by atoms with E-state index < -0.39 is 12.1 Å². The first-order valence-corrected chi connectivity index (χ1v) is 11.9. The van der Waals surface area contributed by atoms with Crippen molar-refractivity contribution in [1.29, 1.82) is 10.5 Å². The smallest absolute Gasteiger partial charge is 0.181 e. The second-order valence-electron chi connectivity index (χ2n) is 8.82. The Hall–Kier alpha value is -5.12. The third-order valence-corrected chi connectivity index (χ3v) is 6.48. The number of aromatic nitrogens is 4. The summed E-state index contributed by atoms with van der Waals surface area (Å²) in [6.45, 7) is 3.70. The Balaban J connectivity index is 1.71. The van der Waals surface area contributed by atoms with E-state index >= 15 is 0 Å². The number of nitrogens with zero attached hydrogens (tertiary/aromatic N) is 7. The molecule has 0 bridgehead atoms. The first kappa shape index (κ1) is 24.6. The van der Waals surface area contributed by atoms with Crippen molar-refractivity contribution in [3.05, 3.63) is 106 Å². The maximum Gasteiger partial charge on any atom is 0.181 e. The van der Waals surface area contributed by atoms with E-state index in [4.69, 9.17) is 14.8 Å². The van der Waals surface area contributed by atoms with Gasteiger partial charge in [0.25, 0.3) is 0 Å². The van der Waals surface area contributed by atoms with Gasteiger partial charge >= 0.3 is 0 Å². The van der Waals surface area contributed by atoms with Crippen molar-refractivity contribution in [3.63, 3.8) is 0 Å². The van der Waals surface area contributed by atoms with Gasteiger partial charge in [0.05, 0.1) is 34.7 Å². The molecule has 1 N–H and O–H groups in total. The average molecular weight is 501 g/mol. The molecule has 3 aromatic heterocycles. The Bertz CT molecular complexity index is 1630. The number of pyridine rings is 2. The highest BCUT2D eigenvalue weighted by molar-refractivity contribution is 5.93. The lowest BCUT2D eigenvalue weighted by Crippen LogP contribution is -2.23. The van der Waals surface area contributed by atoms with Crippen LogP contribution in [0, 0.1) is 22.7 Å². The Morgan fingerprint density at radius 2 is 1.74 bits per heavy atom. The second kappa shape index (κ2) is 10.5. The molecule has 0 saturated carbocycles. The topological polar surface area (TPSA) is 125 Å². The Kier molecular flexibility index (Phi) is 6.77. The van der Waals surface area contributed by atoms with E-state index in [0.717, 1.165) is 39.0 Å². The predicted octanol–water partition coefficient (Wildman–Crippen LogP) is 5.05. The standard InChI is InChI=1S/C29H24N8O/c1-18-24(13-30)27(25(14-31)19(2)35-18)21-8-9-26-23(12-21)28(34-16-20-6-4-10-32-15-20)36-37(26)29(38-3)22-7-5-11-33-17-22/h4-12,15-17,27,29,35H,1-3H3. The average Bonchev–Trinajstić information content (AvgIpc) is 3.30. The number of nitriles is 2. The second-order valence-corrected chi connectivity index (χ2v) is 8.82. The fourth-order valence-corrected chi connectivity index (χ4v) is 4.71. The molecule has 9 nitrogen and oxygen atoms in total. The number of ether oxygens (including phenoxy) is 1. The van der Waals surface area contributed by atoms with E-state index in [1.807, 2.05) is 56.3 Å². The molecule has 1 aliphatic rings. The number of benzene rings is 1. The lowest BCUT2D eigenvalue weighted by Gasteiger charge is -2.26. The zero-order chi connectivity index (χ0) is 26.6. The minimum absolute atomic E-state index is 0.476. The first-order chi connectivity index (χ1) is 18.5. The van der Waals surface area contributed by atoms with Crippen molar-refractivity contribution >= 4 is 22.9 Å². The third kappa shape index (κ3) is 4.43. The molecule has 0 fully saturated rings. The van der Waals surface area contributed by atoms with Gasteiger partial charge in [-0.25, -0.2) is 9.67 Å². The molecular formula is C29H24N8O. The summed E-state index contributed by atoms with van der Waals surface area (Å²) < 4.78 is 7.61. The summed E-state index contributed by atoms with van der Waals surface area (Å²) >= 11 is 0. The summed E-state index contributed by atoms with van der Waals surface area (Å²) in [5, 5.41) is 28.7. The number of hydrogen-bond acceptors (Lipinski definition) is 8. The molecule has 1 atom stereocenters. The largest absolute Gasteiger partial charge is 0.361 e. The summed E-state index contributed by atoms with van der Waals surface area (Å²) in [5.41, 5.74) is 5.73. The molecule has 1 unspecified atom stereocenters. The molecule has 1 aromatic carbocycles. The van der Waals surface area contributed by atoms with Gasteiger partial charge in [0, 0.05) is 66.0 Å². The molecule has 0 saturated heterocycles. The van der Waals surface area contributed by atoms with E-state index in [0.29, 0.717) is 17.0 Å². The Morgan fingerprint density at radius 3 is 2.34 bits per heavy atom. The highest BCUT2D eigenvalue weighted by Gasteiger charge is 2.30. The molecule has 4 heterocycles. The number of aliphatic imine (C=N–C) groups is 1. The van der Waals surface area contributed by atoms with Gasteiger partial charge in [-0.15, -0.1) is 5.10 Å². The zero-order valence-corrected chi connectivity index (χ0v) is 21.1. The summed E-state index contributed by atoms with van der Waals surface area (Å²) in [6, 6.07) is 17.9. The summed E-state index contributed by atoms with van der Waals surface area (Å²) in [4.78, 5) is 13.1. The molecule has 0 aliphatic carbocycles. The SMILES string of the molecule is COC(c1cccnc1)n1nc(N=Cc2cccnc2)c2cc(C3C(C#N)=C(C)NC(C)=C3C#N)ccc21. The maximum absolute atomic E-state index is 9.96. The molecule has 5 rings (SSSR count). The van der Waals surface area contributed by atoms with E-state index in [2.05, 4.69) is 27.4 Å². The Labute approximate surface area is 220 Å². The lowest BCUT2D eigenvalue weighted by atomic mass is 9.81. The van der Waals surface area contributed by atoms with Gasteiger partial charge in [-0.2, -0.15) is 10.5 Å². The molecule has 1 aliphatic heterocycles. The molecule has 0 amide bonds. The third-order valence-electron chi connectivity index (χ3n) is 6.48. The van der Waals surface area contributed by atoms with Crippen molar-refractivity contribution in [2.24, 2.45) is 4.99 Å². The number of allylic oxidation sites excluding steroid dienone is 4. The van der Waals surface area contributed by atoms with Crippen molar-refractivity contribution < 1.29 is 4.74 Å². The van der Waals surface area contributed by atoms with Crippen LogP contribution in [-0.4, -0.2) is 33.1 Å². The number of methoxy groups -OCH3 is 1. The van der Waals surface area contributed by atoms with Gasteiger partial charge in [-0.05, 0) is 43.7 Å². The van der Waals surface area contributed by atoms with Crippen LogP contribution in [0.15, 0.2) is 94.8 Å². The van der Waals surface area contributed by atoms with Crippen molar-refractivity contribution in [1.82, 2.24) is 25.1 Å². The van der Waals surface area contributed by atoms with Crippen LogP contribution in [0.1, 0.15) is 42.7 Å². The van der Waals surface area contributed by atoms with Gasteiger partial charge in [0.1, 0.15) is 0 Å². The highest BCUT2D eigenvalue weighted by Crippen LogP contribution is 2.40. The van der Waals surface area contributed by atoms with Gasteiger partial charge in [-0.1, -0.05) is 18.2 Å². The van der Waals surface area contributed by atoms with Crippen LogP contribution in [0.2, 0.25) is 0 Å². The van der Waals surface area contributed by atoms with Crippen LogP contribution >= 0.6 is 0 Å². The van der Waals surface area contributed by atoms with Crippen molar-refractivity contribution in [2.45, 2.75) is 26.0 Å². The van der Waals surface area contributed by atoms with E-state index in [9.17, 15) is 10.5 Å². The molecule has 0 radical (unpaired) electrons. The quantitative estimate of drug-likeness (QED) is 0.367. The highest BCUT2D eigenvalue weighted by atomic mass is 16.5. The number of dihydropyridines is 1. The predicted molar refractivity (Wildman–Crippen MR) is 143 cm³/mol. The fraction of sp³-hybridized carbons (Fsp3) is 0.172. The normalized spacial score (nSPS) is 15.0. The minimum atomic E-state index is -0.535. The summed E-state index contributed by atoms with van der Waals surface area (Å²) in [7, 11) is 1.62. The number of fused-ring (bicyclic) bond motifs is 1. The van der Waals surface area contributed by atoms with Crippen molar-refractivity contribution in [3.8, 4) is 12.1 Å². The van der Waals surface area contributed by atoms with E-state index in [1.54, 1.807) is 42.8 Å². The van der Waals surface area contributed by atoms with Crippen molar-refractivity contribution in [2.75, 3.05) is 7.11 Å². The summed E-state index contributed by atoms with van der Waals surface area (Å²) in [6.07, 6.45) is 8.04. The molecule has 4 aromatic rings. The molecule has 9 heteroatoms. The minimum Gasteiger partial charge on any atom is -0.361 e. The van der Waals surface area contributed by atoms with Crippen LogP contribution in [0.4, 0.5) is 5.82 Å². The fourth-order valence-electron chi connectivity index (χ4n) is 4.71.